The molecule has 0 bridgehead atoms. The van der Waals surface area contributed by atoms with E-state index in [0.717, 1.165) is 29.4 Å². The highest BCUT2D eigenvalue weighted by Crippen LogP contribution is 2.23. The van der Waals surface area contributed by atoms with Gasteiger partial charge in [0.05, 0.1) is 0 Å². The topological polar surface area (TPSA) is 21.3 Å². The summed E-state index contributed by atoms with van der Waals surface area (Å²) >= 11 is 11.5. The van der Waals surface area contributed by atoms with Crippen molar-refractivity contribution in [2.45, 2.75) is 20.4 Å². The summed E-state index contributed by atoms with van der Waals surface area (Å²) in [5, 5.41) is 4.10. The minimum Gasteiger partial charge on any atom is -0.489 e. The molecule has 1 aromatic rings. The van der Waals surface area contributed by atoms with Gasteiger partial charge in [-0.25, -0.2) is 0 Å². The molecule has 0 aliphatic heterocycles. The first-order chi connectivity index (χ1) is 8.63. The van der Waals surface area contributed by atoms with Gasteiger partial charge in [0.1, 0.15) is 12.4 Å². The molecule has 0 radical (unpaired) electrons. The fourth-order valence-corrected chi connectivity index (χ4v) is 1.76. The Balaban J connectivity index is 2.64. The van der Waals surface area contributed by atoms with Crippen LogP contribution in [0.5, 0.6) is 5.75 Å². The molecular weight excluding hydrogens is 269 g/mol. The lowest BCUT2D eigenvalue weighted by Gasteiger charge is -2.12. The van der Waals surface area contributed by atoms with Gasteiger partial charge >= 0.3 is 0 Å². The van der Waals surface area contributed by atoms with E-state index in [1.54, 1.807) is 6.08 Å². The third-order valence-corrected chi connectivity index (χ3v) is 2.73. The Hall–Kier alpha value is -0.700. The standard InChI is InChI=1S/C14H19Cl2NO/c1-11(2)9-17-10-12-8-13(16)4-5-14(12)18-7-3-6-15/h3-6,8,11,17H,7,9-10H2,1-2H3/b6-3+. The number of benzene rings is 1. The lowest BCUT2D eigenvalue weighted by molar-refractivity contribution is 0.357. The van der Waals surface area contributed by atoms with Crippen LogP contribution in [0, 0.1) is 5.92 Å². The van der Waals surface area contributed by atoms with Gasteiger partial charge in [-0.2, -0.15) is 0 Å². The number of ether oxygens (including phenoxy) is 1. The first kappa shape index (κ1) is 15.4. The average Bonchev–Trinajstić information content (AvgIpc) is 2.31. The maximum atomic E-state index is 6.00. The van der Waals surface area contributed by atoms with E-state index in [-0.39, 0.29) is 0 Å². The highest BCUT2D eigenvalue weighted by molar-refractivity contribution is 6.30. The van der Waals surface area contributed by atoms with Crippen molar-refractivity contribution in [3.05, 3.63) is 40.4 Å². The molecule has 0 saturated carbocycles. The summed E-state index contributed by atoms with van der Waals surface area (Å²) in [5.41, 5.74) is 2.51. The van der Waals surface area contributed by atoms with Gasteiger partial charge in [-0.3, -0.25) is 0 Å². The van der Waals surface area contributed by atoms with Gasteiger partial charge in [0, 0.05) is 22.7 Å². The van der Waals surface area contributed by atoms with Crippen molar-refractivity contribution >= 4 is 23.2 Å². The van der Waals surface area contributed by atoms with Gasteiger partial charge in [0.15, 0.2) is 0 Å². The third kappa shape index (κ3) is 5.76. The lowest BCUT2D eigenvalue weighted by Crippen LogP contribution is -2.19. The molecule has 0 heterocycles. The van der Waals surface area contributed by atoms with Gasteiger partial charge < -0.3 is 10.1 Å². The molecule has 0 aliphatic carbocycles. The molecule has 0 amide bonds. The zero-order valence-electron chi connectivity index (χ0n) is 10.7. The maximum Gasteiger partial charge on any atom is 0.124 e. The van der Waals surface area contributed by atoms with Crippen molar-refractivity contribution in [3.8, 4) is 5.75 Å². The van der Waals surface area contributed by atoms with E-state index in [1.165, 1.54) is 5.54 Å². The molecule has 0 saturated heterocycles. The van der Waals surface area contributed by atoms with Gasteiger partial charge in [-0.15, -0.1) is 0 Å². The minimum absolute atomic E-state index is 0.461. The van der Waals surface area contributed by atoms with E-state index >= 15 is 0 Å². The Bertz CT molecular complexity index is 391. The SMILES string of the molecule is CC(C)CNCc1cc(Cl)ccc1OC/C=C/Cl. The molecule has 1 aromatic carbocycles. The minimum atomic E-state index is 0.461. The molecule has 0 aromatic heterocycles. The van der Waals surface area contributed by atoms with Crippen molar-refractivity contribution in [1.29, 1.82) is 0 Å². The van der Waals surface area contributed by atoms with Crippen molar-refractivity contribution in [2.24, 2.45) is 5.92 Å². The van der Waals surface area contributed by atoms with E-state index in [4.69, 9.17) is 27.9 Å². The molecule has 2 nitrogen and oxygen atoms in total. The number of rotatable bonds is 7. The molecule has 100 valence electrons. The zero-order valence-corrected chi connectivity index (χ0v) is 12.3. The van der Waals surface area contributed by atoms with E-state index in [9.17, 15) is 0 Å². The lowest BCUT2D eigenvalue weighted by atomic mass is 10.2. The first-order valence-electron chi connectivity index (χ1n) is 6.00. The van der Waals surface area contributed by atoms with Crippen LogP contribution in [0.1, 0.15) is 19.4 Å². The van der Waals surface area contributed by atoms with Crippen molar-refractivity contribution < 1.29 is 4.74 Å². The first-order valence-corrected chi connectivity index (χ1v) is 6.82. The predicted octanol–water partition coefficient (Wildman–Crippen LogP) is 4.22. The normalized spacial score (nSPS) is 11.4. The van der Waals surface area contributed by atoms with Gasteiger partial charge in [-0.05, 0) is 36.7 Å². The van der Waals surface area contributed by atoms with Gasteiger partial charge in [0.25, 0.3) is 0 Å². The summed E-state index contributed by atoms with van der Waals surface area (Å²) in [5.74, 6) is 1.46. The van der Waals surface area contributed by atoms with Crippen LogP contribution in [0.3, 0.4) is 0 Å². The van der Waals surface area contributed by atoms with Crippen LogP contribution < -0.4 is 10.1 Å². The van der Waals surface area contributed by atoms with Crippen molar-refractivity contribution in [1.82, 2.24) is 5.32 Å². The smallest absolute Gasteiger partial charge is 0.124 e. The van der Waals surface area contributed by atoms with Crippen LogP contribution in [0.25, 0.3) is 0 Å². The molecule has 18 heavy (non-hydrogen) atoms. The molecule has 0 spiro atoms. The Morgan fingerprint density at radius 2 is 2.17 bits per heavy atom. The summed E-state index contributed by atoms with van der Waals surface area (Å²) in [6.07, 6.45) is 1.75. The molecule has 0 atom stereocenters. The van der Waals surface area contributed by atoms with E-state index in [1.807, 2.05) is 18.2 Å². The highest BCUT2D eigenvalue weighted by atomic mass is 35.5. The summed E-state index contributed by atoms with van der Waals surface area (Å²) in [6.45, 7) is 6.52. The summed E-state index contributed by atoms with van der Waals surface area (Å²) in [4.78, 5) is 0. The van der Waals surface area contributed by atoms with Crippen LogP contribution in [0.2, 0.25) is 5.02 Å². The van der Waals surface area contributed by atoms with Gasteiger partial charge in [0.2, 0.25) is 0 Å². The van der Waals surface area contributed by atoms with E-state index < -0.39 is 0 Å². The van der Waals surface area contributed by atoms with E-state index in [0.29, 0.717) is 12.5 Å². The largest absolute Gasteiger partial charge is 0.489 e. The van der Waals surface area contributed by atoms with E-state index in [2.05, 4.69) is 19.2 Å². The molecule has 1 N–H and O–H groups in total. The molecule has 1 rings (SSSR count). The molecule has 0 unspecified atom stereocenters. The van der Waals surface area contributed by atoms with Crippen LogP contribution in [0.4, 0.5) is 0 Å². The summed E-state index contributed by atoms with van der Waals surface area (Å²) in [7, 11) is 0. The maximum absolute atomic E-state index is 6.00. The van der Waals surface area contributed by atoms with Crippen LogP contribution in [-0.2, 0) is 6.54 Å². The summed E-state index contributed by atoms with van der Waals surface area (Å²) in [6, 6.07) is 5.64. The van der Waals surface area contributed by atoms with Crippen LogP contribution in [0.15, 0.2) is 29.8 Å². The molecule has 0 fully saturated rings. The Morgan fingerprint density at radius 1 is 1.39 bits per heavy atom. The zero-order chi connectivity index (χ0) is 13.4. The summed E-state index contributed by atoms with van der Waals surface area (Å²) < 4.78 is 5.62. The average molecular weight is 288 g/mol. The fourth-order valence-electron chi connectivity index (χ4n) is 1.50. The second kappa shape index (κ2) is 8.41. The Kier molecular flexibility index (Phi) is 7.18. The van der Waals surface area contributed by atoms with Crippen LogP contribution in [-0.4, -0.2) is 13.2 Å². The van der Waals surface area contributed by atoms with Crippen molar-refractivity contribution in [3.63, 3.8) is 0 Å². The van der Waals surface area contributed by atoms with Crippen LogP contribution >= 0.6 is 23.2 Å². The quantitative estimate of drug-likeness (QED) is 0.811. The predicted molar refractivity (Wildman–Crippen MR) is 78.5 cm³/mol. The number of halogens is 2. The van der Waals surface area contributed by atoms with Gasteiger partial charge in [-0.1, -0.05) is 37.0 Å². The highest BCUT2D eigenvalue weighted by Gasteiger charge is 2.04. The Morgan fingerprint density at radius 3 is 2.83 bits per heavy atom. The number of nitrogens with one attached hydrogen (secondary N) is 1. The number of hydrogen-bond acceptors (Lipinski definition) is 2. The second-order valence-corrected chi connectivity index (χ2v) is 5.14. The second-order valence-electron chi connectivity index (χ2n) is 4.45. The number of hydrogen-bond donors (Lipinski definition) is 1. The molecule has 0 aliphatic rings. The fraction of sp³-hybridized carbons (Fsp3) is 0.429. The monoisotopic (exact) mass is 287 g/mol. The molecule has 4 heteroatoms. The van der Waals surface area contributed by atoms with Crippen molar-refractivity contribution in [2.75, 3.05) is 13.2 Å². The third-order valence-electron chi connectivity index (χ3n) is 2.31. The molecular formula is C14H19Cl2NO. The Labute approximate surface area is 119 Å².